The first-order valence-electron chi connectivity index (χ1n) is 9.68. The number of para-hydroxylation sites is 2. The van der Waals surface area contributed by atoms with E-state index in [1.807, 2.05) is 25.1 Å². The SMILES string of the molecule is CCCOc1ccccc1NC(=O)Cn1cnc2sc3c(c2c1=O)CCCC3. The van der Waals surface area contributed by atoms with E-state index in [0.29, 0.717) is 23.4 Å². The number of rotatable bonds is 6. The highest BCUT2D eigenvalue weighted by molar-refractivity contribution is 7.18. The third-order valence-corrected chi connectivity index (χ3v) is 6.08. The van der Waals surface area contributed by atoms with Gasteiger partial charge in [0.2, 0.25) is 5.91 Å². The van der Waals surface area contributed by atoms with Crippen molar-refractivity contribution in [3.05, 3.63) is 51.4 Å². The summed E-state index contributed by atoms with van der Waals surface area (Å²) in [7, 11) is 0. The predicted octanol–water partition coefficient (Wildman–Crippen LogP) is 3.76. The highest BCUT2D eigenvalue weighted by Crippen LogP contribution is 2.33. The molecule has 0 atom stereocenters. The van der Waals surface area contributed by atoms with E-state index >= 15 is 0 Å². The summed E-state index contributed by atoms with van der Waals surface area (Å²) in [6, 6.07) is 7.32. The zero-order valence-corrected chi connectivity index (χ0v) is 16.7. The maximum atomic E-state index is 13.0. The van der Waals surface area contributed by atoms with Crippen molar-refractivity contribution in [1.29, 1.82) is 0 Å². The molecule has 0 fully saturated rings. The second kappa shape index (κ2) is 8.14. The minimum absolute atomic E-state index is 0.0749. The van der Waals surface area contributed by atoms with Crippen LogP contribution in [0.3, 0.4) is 0 Å². The third kappa shape index (κ3) is 3.67. The number of thiophene rings is 1. The second-order valence-corrected chi connectivity index (χ2v) is 8.05. The van der Waals surface area contributed by atoms with Crippen LogP contribution in [-0.2, 0) is 24.2 Å². The summed E-state index contributed by atoms with van der Waals surface area (Å²) in [5, 5.41) is 3.55. The number of nitrogens with zero attached hydrogens (tertiary/aromatic N) is 2. The molecule has 0 spiro atoms. The van der Waals surface area contributed by atoms with Crippen LogP contribution in [-0.4, -0.2) is 22.1 Å². The summed E-state index contributed by atoms with van der Waals surface area (Å²) in [5.41, 5.74) is 1.61. The lowest BCUT2D eigenvalue weighted by molar-refractivity contribution is -0.116. The summed E-state index contributed by atoms with van der Waals surface area (Å²) in [4.78, 5) is 32.1. The van der Waals surface area contributed by atoms with Gasteiger partial charge in [-0.05, 0) is 49.8 Å². The van der Waals surface area contributed by atoms with Crippen LogP contribution in [0.15, 0.2) is 35.4 Å². The minimum Gasteiger partial charge on any atom is -0.491 e. The molecule has 1 aliphatic rings. The van der Waals surface area contributed by atoms with Crippen LogP contribution in [0.4, 0.5) is 5.69 Å². The van der Waals surface area contributed by atoms with E-state index in [1.54, 1.807) is 17.4 Å². The molecule has 4 rings (SSSR count). The summed E-state index contributed by atoms with van der Waals surface area (Å²) < 4.78 is 7.07. The number of nitrogens with one attached hydrogen (secondary N) is 1. The van der Waals surface area contributed by atoms with Crippen molar-refractivity contribution < 1.29 is 9.53 Å². The Kier molecular flexibility index (Phi) is 5.43. The highest BCUT2D eigenvalue weighted by atomic mass is 32.1. The van der Waals surface area contributed by atoms with Crippen LogP contribution in [0.1, 0.15) is 36.6 Å². The third-order valence-electron chi connectivity index (χ3n) is 4.88. The fourth-order valence-electron chi connectivity index (χ4n) is 3.55. The van der Waals surface area contributed by atoms with Gasteiger partial charge in [0, 0.05) is 4.88 Å². The van der Waals surface area contributed by atoms with Gasteiger partial charge in [-0.3, -0.25) is 14.2 Å². The van der Waals surface area contributed by atoms with E-state index in [0.717, 1.165) is 42.5 Å². The predicted molar refractivity (Wildman–Crippen MR) is 111 cm³/mol. The van der Waals surface area contributed by atoms with Gasteiger partial charge in [0.1, 0.15) is 17.1 Å². The van der Waals surface area contributed by atoms with Crippen LogP contribution in [0.25, 0.3) is 10.2 Å². The molecule has 0 radical (unpaired) electrons. The van der Waals surface area contributed by atoms with Gasteiger partial charge in [-0.2, -0.15) is 0 Å². The lowest BCUT2D eigenvalue weighted by Crippen LogP contribution is -2.28. The largest absolute Gasteiger partial charge is 0.491 e. The number of anilines is 1. The molecule has 28 heavy (non-hydrogen) atoms. The molecule has 146 valence electrons. The molecule has 1 aliphatic carbocycles. The van der Waals surface area contributed by atoms with E-state index in [9.17, 15) is 9.59 Å². The number of benzene rings is 1. The number of carbonyl (C=O) groups is 1. The molecule has 1 amide bonds. The fraction of sp³-hybridized carbons (Fsp3) is 0.381. The monoisotopic (exact) mass is 397 g/mol. The summed E-state index contributed by atoms with van der Waals surface area (Å²) in [6.45, 7) is 2.53. The Balaban J connectivity index is 1.56. The number of carbonyl (C=O) groups excluding carboxylic acids is 1. The quantitative estimate of drug-likeness (QED) is 0.687. The topological polar surface area (TPSA) is 73.2 Å². The van der Waals surface area contributed by atoms with Crippen molar-refractivity contribution in [2.75, 3.05) is 11.9 Å². The molecule has 1 aromatic carbocycles. The number of ether oxygens (including phenoxy) is 1. The first-order chi connectivity index (χ1) is 13.7. The van der Waals surface area contributed by atoms with Crippen molar-refractivity contribution in [3.63, 3.8) is 0 Å². The Morgan fingerprint density at radius 3 is 2.96 bits per heavy atom. The molecular formula is C21H23N3O3S. The van der Waals surface area contributed by atoms with Crippen molar-refractivity contribution in [3.8, 4) is 5.75 Å². The van der Waals surface area contributed by atoms with Crippen molar-refractivity contribution in [1.82, 2.24) is 9.55 Å². The lowest BCUT2D eigenvalue weighted by Gasteiger charge is -2.13. The summed E-state index contributed by atoms with van der Waals surface area (Å²) in [5.74, 6) is 0.352. The van der Waals surface area contributed by atoms with Crippen LogP contribution in [0.2, 0.25) is 0 Å². The van der Waals surface area contributed by atoms with Crippen LogP contribution in [0, 0.1) is 0 Å². The molecule has 0 saturated heterocycles. The lowest BCUT2D eigenvalue weighted by atomic mass is 9.97. The normalized spacial score (nSPS) is 13.3. The Bertz CT molecular complexity index is 1070. The molecule has 2 heterocycles. The molecule has 2 aromatic heterocycles. The highest BCUT2D eigenvalue weighted by Gasteiger charge is 2.20. The van der Waals surface area contributed by atoms with E-state index in [-0.39, 0.29) is 18.0 Å². The number of fused-ring (bicyclic) bond motifs is 3. The van der Waals surface area contributed by atoms with Crippen LogP contribution in [0.5, 0.6) is 5.75 Å². The van der Waals surface area contributed by atoms with Crippen LogP contribution < -0.4 is 15.6 Å². The van der Waals surface area contributed by atoms with E-state index in [4.69, 9.17) is 4.74 Å². The molecule has 7 heteroatoms. The maximum absolute atomic E-state index is 13.0. The molecule has 3 aromatic rings. The van der Waals surface area contributed by atoms with Gasteiger partial charge in [0.25, 0.3) is 5.56 Å². The maximum Gasteiger partial charge on any atom is 0.262 e. The van der Waals surface area contributed by atoms with E-state index < -0.39 is 0 Å². The average molecular weight is 398 g/mol. The van der Waals surface area contributed by atoms with Crippen molar-refractivity contribution >= 4 is 33.1 Å². The fourth-order valence-corrected chi connectivity index (χ4v) is 4.77. The Morgan fingerprint density at radius 1 is 1.29 bits per heavy atom. The van der Waals surface area contributed by atoms with Gasteiger partial charge < -0.3 is 10.1 Å². The number of aromatic nitrogens is 2. The molecule has 0 unspecified atom stereocenters. The molecule has 6 nitrogen and oxygen atoms in total. The number of hydrogen-bond donors (Lipinski definition) is 1. The van der Waals surface area contributed by atoms with Gasteiger partial charge in [-0.15, -0.1) is 11.3 Å². The van der Waals surface area contributed by atoms with Gasteiger partial charge in [0.05, 0.1) is 24.0 Å². The Morgan fingerprint density at radius 2 is 2.11 bits per heavy atom. The van der Waals surface area contributed by atoms with Gasteiger partial charge in [-0.1, -0.05) is 19.1 Å². The number of hydrogen-bond acceptors (Lipinski definition) is 5. The minimum atomic E-state index is -0.278. The van der Waals surface area contributed by atoms with Gasteiger partial charge >= 0.3 is 0 Å². The van der Waals surface area contributed by atoms with Crippen LogP contribution >= 0.6 is 11.3 Å². The average Bonchev–Trinajstić information content (AvgIpc) is 3.09. The van der Waals surface area contributed by atoms with E-state index in [1.165, 1.54) is 15.8 Å². The van der Waals surface area contributed by atoms with Gasteiger partial charge in [-0.25, -0.2) is 4.98 Å². The second-order valence-electron chi connectivity index (χ2n) is 6.96. The molecule has 0 bridgehead atoms. The number of aryl methyl sites for hydroxylation is 2. The van der Waals surface area contributed by atoms with E-state index in [2.05, 4.69) is 10.3 Å². The molecular weight excluding hydrogens is 374 g/mol. The molecule has 0 saturated carbocycles. The molecule has 1 N–H and O–H groups in total. The summed E-state index contributed by atoms with van der Waals surface area (Å²) in [6.07, 6.45) is 6.56. The zero-order valence-electron chi connectivity index (χ0n) is 15.9. The zero-order chi connectivity index (χ0) is 19.5. The first-order valence-corrected chi connectivity index (χ1v) is 10.5. The first kappa shape index (κ1) is 18.7. The Hall–Kier alpha value is -2.67. The van der Waals surface area contributed by atoms with Crippen molar-refractivity contribution in [2.45, 2.75) is 45.6 Å². The molecule has 0 aliphatic heterocycles. The smallest absolute Gasteiger partial charge is 0.262 e. The van der Waals surface area contributed by atoms with Crippen molar-refractivity contribution in [2.24, 2.45) is 0 Å². The standard InChI is InChI=1S/C21H23N3O3S/c1-2-11-27-16-9-5-4-8-15(16)23-18(25)12-24-13-22-20-19(21(24)26)14-7-3-6-10-17(14)28-20/h4-5,8-9,13H,2-3,6-7,10-12H2,1H3,(H,23,25). The summed E-state index contributed by atoms with van der Waals surface area (Å²) >= 11 is 1.61. The Labute approximate surface area is 167 Å². The van der Waals surface area contributed by atoms with Gasteiger partial charge in [0.15, 0.2) is 0 Å². The number of amides is 1.